The van der Waals surface area contributed by atoms with Crippen LogP contribution in [0.4, 0.5) is 5.82 Å². The molecule has 0 aromatic carbocycles. The zero-order chi connectivity index (χ0) is 11.7. The maximum Gasteiger partial charge on any atom is 0.128 e. The van der Waals surface area contributed by atoms with Crippen LogP contribution in [0.1, 0.15) is 11.3 Å². The number of aromatic nitrogens is 3. The molecule has 0 N–H and O–H groups in total. The Balaban J connectivity index is 1.84. The number of fused-ring (bicyclic) bond motifs is 1. The molecule has 0 aliphatic carbocycles. The number of rotatable bonds is 1. The van der Waals surface area contributed by atoms with E-state index in [1.165, 1.54) is 5.69 Å². The van der Waals surface area contributed by atoms with Crippen LogP contribution >= 0.6 is 0 Å². The van der Waals surface area contributed by atoms with Crippen LogP contribution in [-0.2, 0) is 13.1 Å². The summed E-state index contributed by atoms with van der Waals surface area (Å²) in [5.74, 6) is 0.913. The first kappa shape index (κ1) is 9.85. The molecule has 2 aromatic heterocycles. The van der Waals surface area contributed by atoms with Crippen LogP contribution in [0.5, 0.6) is 0 Å². The van der Waals surface area contributed by atoms with Crippen molar-refractivity contribution in [2.45, 2.75) is 13.1 Å². The van der Waals surface area contributed by atoms with Gasteiger partial charge in [0.05, 0.1) is 24.3 Å². The Kier molecular flexibility index (Phi) is 2.26. The second-order valence-corrected chi connectivity index (χ2v) is 3.98. The van der Waals surface area contributed by atoms with Crippen LogP contribution in [0.3, 0.4) is 0 Å². The van der Waals surface area contributed by atoms with Crippen LogP contribution in [0, 0.1) is 11.3 Å². The Labute approximate surface area is 98.9 Å². The van der Waals surface area contributed by atoms with Crippen molar-refractivity contribution in [3.8, 4) is 6.07 Å². The summed E-state index contributed by atoms with van der Waals surface area (Å²) in [4.78, 5) is 6.50. The molecule has 5 nitrogen and oxygen atoms in total. The lowest BCUT2D eigenvalue weighted by molar-refractivity contribution is 0.517. The minimum Gasteiger partial charge on any atom is -0.349 e. The zero-order valence-corrected chi connectivity index (χ0v) is 9.24. The van der Waals surface area contributed by atoms with Gasteiger partial charge >= 0.3 is 0 Å². The van der Waals surface area contributed by atoms with E-state index >= 15 is 0 Å². The molecule has 0 spiro atoms. The van der Waals surface area contributed by atoms with Crippen molar-refractivity contribution in [3.63, 3.8) is 0 Å². The van der Waals surface area contributed by atoms with Gasteiger partial charge in [-0.3, -0.25) is 4.68 Å². The van der Waals surface area contributed by atoms with Gasteiger partial charge < -0.3 is 4.90 Å². The normalized spacial score (nSPS) is 14.2. The molecule has 17 heavy (non-hydrogen) atoms. The average molecular weight is 225 g/mol. The third-order valence-electron chi connectivity index (χ3n) is 2.94. The summed E-state index contributed by atoms with van der Waals surface area (Å²) in [5, 5.41) is 13.0. The van der Waals surface area contributed by atoms with Gasteiger partial charge in [-0.15, -0.1) is 0 Å². The summed E-state index contributed by atoms with van der Waals surface area (Å²) >= 11 is 0. The minimum atomic E-state index is 0.593. The molecule has 5 heteroatoms. The van der Waals surface area contributed by atoms with E-state index in [0.717, 1.165) is 25.5 Å². The molecule has 0 saturated carbocycles. The number of anilines is 1. The highest BCUT2D eigenvalue weighted by molar-refractivity contribution is 5.42. The van der Waals surface area contributed by atoms with Gasteiger partial charge in [0.2, 0.25) is 0 Å². The number of pyridine rings is 1. The predicted octanol–water partition coefficient (Wildman–Crippen LogP) is 1.17. The van der Waals surface area contributed by atoms with Gasteiger partial charge in [-0.2, -0.15) is 10.4 Å². The van der Waals surface area contributed by atoms with E-state index in [4.69, 9.17) is 5.26 Å². The summed E-state index contributed by atoms with van der Waals surface area (Å²) < 4.78 is 2.01. The summed E-state index contributed by atoms with van der Waals surface area (Å²) in [6.45, 7) is 2.59. The van der Waals surface area contributed by atoms with Crippen molar-refractivity contribution in [3.05, 3.63) is 41.9 Å². The molecule has 0 saturated heterocycles. The Hall–Kier alpha value is -2.35. The lowest BCUT2D eigenvalue weighted by atomic mass is 10.2. The second-order valence-electron chi connectivity index (χ2n) is 3.98. The van der Waals surface area contributed by atoms with Crippen LogP contribution in [-0.4, -0.2) is 21.3 Å². The van der Waals surface area contributed by atoms with Crippen LogP contribution in [0.2, 0.25) is 0 Å². The summed E-state index contributed by atoms with van der Waals surface area (Å²) in [6, 6.07) is 7.79. The summed E-state index contributed by atoms with van der Waals surface area (Å²) in [7, 11) is 0. The summed E-state index contributed by atoms with van der Waals surface area (Å²) in [5.41, 5.74) is 1.79. The van der Waals surface area contributed by atoms with Crippen LogP contribution in [0.15, 0.2) is 30.6 Å². The number of nitriles is 1. The first-order valence-electron chi connectivity index (χ1n) is 5.48. The van der Waals surface area contributed by atoms with Gasteiger partial charge in [0.1, 0.15) is 11.9 Å². The predicted molar refractivity (Wildman–Crippen MR) is 62.2 cm³/mol. The molecule has 3 rings (SSSR count). The monoisotopic (exact) mass is 225 g/mol. The molecular weight excluding hydrogens is 214 g/mol. The summed E-state index contributed by atoms with van der Waals surface area (Å²) in [6.07, 6.45) is 3.44. The SMILES string of the molecule is N#Cc1ccc(N2CCn3nccc3C2)nc1. The molecule has 0 unspecified atom stereocenters. The molecule has 0 radical (unpaired) electrons. The highest BCUT2D eigenvalue weighted by atomic mass is 15.3. The minimum absolute atomic E-state index is 0.593. The maximum atomic E-state index is 8.73. The molecule has 2 aromatic rings. The largest absolute Gasteiger partial charge is 0.349 e. The quantitative estimate of drug-likeness (QED) is 0.731. The van der Waals surface area contributed by atoms with Gasteiger partial charge in [-0.25, -0.2) is 4.98 Å². The Morgan fingerprint density at radius 3 is 2.94 bits per heavy atom. The van der Waals surface area contributed by atoms with Gasteiger partial charge in [0, 0.05) is 18.9 Å². The average Bonchev–Trinajstić information content (AvgIpc) is 2.86. The van der Waals surface area contributed by atoms with E-state index in [1.54, 1.807) is 12.3 Å². The first-order valence-corrected chi connectivity index (χ1v) is 5.48. The lowest BCUT2D eigenvalue weighted by Gasteiger charge is -2.28. The Bertz CT molecular complexity index is 563. The van der Waals surface area contributed by atoms with E-state index in [0.29, 0.717) is 5.56 Å². The van der Waals surface area contributed by atoms with E-state index in [9.17, 15) is 0 Å². The van der Waals surface area contributed by atoms with Crippen LogP contribution in [0.25, 0.3) is 0 Å². The van der Waals surface area contributed by atoms with Gasteiger partial charge in [-0.1, -0.05) is 0 Å². The molecular formula is C12H11N5. The van der Waals surface area contributed by atoms with Gasteiger partial charge in [0.25, 0.3) is 0 Å². The molecule has 1 aliphatic rings. The third-order valence-corrected chi connectivity index (χ3v) is 2.94. The van der Waals surface area contributed by atoms with Crippen LogP contribution < -0.4 is 4.90 Å². The molecule has 84 valence electrons. The highest BCUT2D eigenvalue weighted by Gasteiger charge is 2.17. The molecule has 3 heterocycles. The van der Waals surface area contributed by atoms with Crippen molar-refractivity contribution in [2.24, 2.45) is 0 Å². The fraction of sp³-hybridized carbons (Fsp3) is 0.250. The van der Waals surface area contributed by atoms with Crippen molar-refractivity contribution in [2.75, 3.05) is 11.4 Å². The molecule has 0 amide bonds. The maximum absolute atomic E-state index is 8.73. The number of nitrogens with zero attached hydrogens (tertiary/aromatic N) is 5. The van der Waals surface area contributed by atoms with E-state index in [-0.39, 0.29) is 0 Å². The lowest BCUT2D eigenvalue weighted by Crippen LogP contribution is -2.34. The fourth-order valence-electron chi connectivity index (χ4n) is 2.02. The molecule has 0 bridgehead atoms. The standard InChI is InChI=1S/C12H11N5/c13-7-10-1-2-12(14-8-10)16-5-6-17-11(9-16)3-4-15-17/h1-4,8H,5-6,9H2. The van der Waals surface area contributed by atoms with E-state index < -0.39 is 0 Å². The van der Waals surface area contributed by atoms with Crippen molar-refractivity contribution in [1.29, 1.82) is 5.26 Å². The first-order chi connectivity index (χ1) is 8.36. The van der Waals surface area contributed by atoms with Gasteiger partial charge in [-0.05, 0) is 18.2 Å². The topological polar surface area (TPSA) is 57.7 Å². The van der Waals surface area contributed by atoms with Crippen molar-refractivity contribution in [1.82, 2.24) is 14.8 Å². The molecule has 1 aliphatic heterocycles. The Morgan fingerprint density at radius 1 is 1.24 bits per heavy atom. The number of hydrogen-bond acceptors (Lipinski definition) is 4. The molecule has 0 fully saturated rings. The number of hydrogen-bond donors (Lipinski definition) is 0. The zero-order valence-electron chi connectivity index (χ0n) is 9.24. The Morgan fingerprint density at radius 2 is 2.18 bits per heavy atom. The van der Waals surface area contributed by atoms with Crippen molar-refractivity contribution < 1.29 is 0 Å². The fourth-order valence-corrected chi connectivity index (χ4v) is 2.02. The highest BCUT2D eigenvalue weighted by Crippen LogP contribution is 2.18. The smallest absolute Gasteiger partial charge is 0.128 e. The van der Waals surface area contributed by atoms with E-state index in [1.807, 2.05) is 23.0 Å². The van der Waals surface area contributed by atoms with Crippen molar-refractivity contribution >= 4 is 5.82 Å². The van der Waals surface area contributed by atoms with Gasteiger partial charge in [0.15, 0.2) is 0 Å². The van der Waals surface area contributed by atoms with E-state index in [2.05, 4.69) is 21.1 Å². The second kappa shape index (κ2) is 3.91. The third kappa shape index (κ3) is 1.74. The molecule has 0 atom stereocenters.